The lowest BCUT2D eigenvalue weighted by Crippen LogP contribution is -1.92. The van der Waals surface area contributed by atoms with E-state index in [0.717, 1.165) is 12.8 Å². The van der Waals surface area contributed by atoms with E-state index >= 15 is 0 Å². The summed E-state index contributed by atoms with van der Waals surface area (Å²) < 4.78 is 0. The summed E-state index contributed by atoms with van der Waals surface area (Å²) in [6, 6.07) is 40.1. The summed E-state index contributed by atoms with van der Waals surface area (Å²) in [7, 11) is 0. The summed E-state index contributed by atoms with van der Waals surface area (Å²) in [5.41, 5.74) is 12.5. The van der Waals surface area contributed by atoms with Crippen LogP contribution in [-0.4, -0.2) is 9.97 Å². The molecule has 5 aromatic carbocycles. The second kappa shape index (κ2) is 11.1. The highest BCUT2D eigenvalue weighted by Gasteiger charge is 2.17. The first-order chi connectivity index (χ1) is 20.8. The second-order valence-corrected chi connectivity index (χ2v) is 10.8. The van der Waals surface area contributed by atoms with E-state index < -0.39 is 0 Å². The number of nitrogens with zero attached hydrogens (tertiary/aromatic N) is 2. The second-order valence-electron chi connectivity index (χ2n) is 10.8. The zero-order valence-electron chi connectivity index (χ0n) is 24.0. The standard InChI is InChI=1S/C40H32N2/c1-3-27-25-41-23-21-33(27)29-13-17-31(18-14-29)39-35-9-5-7-11-37(35)40(38-12-8-6-10-36(38)39)32-19-15-30(16-20-32)34-22-24-42-26-28(34)4-2/h5-26H,3-4H2,1-2H3. The fourth-order valence-electron chi connectivity index (χ4n) is 6.36. The van der Waals surface area contributed by atoms with Crippen molar-refractivity contribution in [1.29, 1.82) is 0 Å². The fraction of sp³-hybridized carbons (Fsp3) is 0.100. The van der Waals surface area contributed by atoms with Crippen molar-refractivity contribution in [3.8, 4) is 44.5 Å². The summed E-state index contributed by atoms with van der Waals surface area (Å²) in [6.07, 6.45) is 9.66. The maximum Gasteiger partial charge on any atom is 0.0305 e. The van der Waals surface area contributed by atoms with Crippen LogP contribution in [0.3, 0.4) is 0 Å². The van der Waals surface area contributed by atoms with E-state index in [9.17, 15) is 0 Å². The lowest BCUT2D eigenvalue weighted by atomic mass is 9.85. The molecule has 202 valence electrons. The largest absolute Gasteiger partial charge is 0.264 e. The van der Waals surface area contributed by atoms with Crippen molar-refractivity contribution in [2.24, 2.45) is 0 Å². The van der Waals surface area contributed by atoms with Gasteiger partial charge in [0.25, 0.3) is 0 Å². The highest BCUT2D eigenvalue weighted by Crippen LogP contribution is 2.44. The van der Waals surface area contributed by atoms with Crippen molar-refractivity contribution in [2.75, 3.05) is 0 Å². The van der Waals surface area contributed by atoms with Gasteiger partial charge in [-0.05, 0) is 102 Å². The van der Waals surface area contributed by atoms with Crippen LogP contribution in [0.25, 0.3) is 66.1 Å². The molecule has 7 aromatic rings. The molecule has 0 radical (unpaired) electrons. The first-order valence-corrected chi connectivity index (χ1v) is 14.8. The number of aromatic nitrogens is 2. The molecule has 0 N–H and O–H groups in total. The average molecular weight is 541 g/mol. The number of benzene rings is 5. The minimum absolute atomic E-state index is 0.963. The quantitative estimate of drug-likeness (QED) is 0.196. The van der Waals surface area contributed by atoms with Crippen LogP contribution in [0.2, 0.25) is 0 Å². The predicted octanol–water partition coefficient (Wildman–Crippen LogP) is 10.6. The van der Waals surface area contributed by atoms with Gasteiger partial charge in [-0.2, -0.15) is 0 Å². The zero-order valence-corrected chi connectivity index (χ0v) is 24.0. The molecular formula is C40H32N2. The van der Waals surface area contributed by atoms with Crippen LogP contribution in [0, 0.1) is 0 Å². The Morgan fingerprint density at radius 1 is 0.405 bits per heavy atom. The minimum Gasteiger partial charge on any atom is -0.264 e. The van der Waals surface area contributed by atoms with Crippen LogP contribution in [0.4, 0.5) is 0 Å². The number of fused-ring (bicyclic) bond motifs is 2. The average Bonchev–Trinajstić information content (AvgIpc) is 3.07. The van der Waals surface area contributed by atoms with Gasteiger partial charge in [-0.1, -0.05) is 111 Å². The number of aryl methyl sites for hydroxylation is 2. The van der Waals surface area contributed by atoms with Crippen LogP contribution in [0.1, 0.15) is 25.0 Å². The molecule has 0 saturated carbocycles. The third-order valence-corrected chi connectivity index (χ3v) is 8.47. The highest BCUT2D eigenvalue weighted by molar-refractivity contribution is 6.21. The van der Waals surface area contributed by atoms with Gasteiger partial charge >= 0.3 is 0 Å². The topological polar surface area (TPSA) is 25.8 Å². The molecule has 0 atom stereocenters. The smallest absolute Gasteiger partial charge is 0.0305 e. The normalized spacial score (nSPS) is 11.3. The van der Waals surface area contributed by atoms with Crippen LogP contribution in [0.15, 0.2) is 134 Å². The Labute approximate surface area is 247 Å². The Bertz CT molecular complexity index is 1830. The SMILES string of the molecule is CCc1cnccc1-c1ccc(-c2c3ccccc3c(-c3ccc(-c4ccncc4CC)cc3)c3ccccc23)cc1. The first-order valence-electron chi connectivity index (χ1n) is 14.8. The first kappa shape index (κ1) is 25.9. The van der Waals surface area contributed by atoms with E-state index in [1.54, 1.807) is 0 Å². The van der Waals surface area contributed by atoms with Crippen molar-refractivity contribution in [3.05, 3.63) is 145 Å². The van der Waals surface area contributed by atoms with Crippen LogP contribution < -0.4 is 0 Å². The Hall–Kier alpha value is -5.08. The highest BCUT2D eigenvalue weighted by atomic mass is 14.6. The molecule has 7 rings (SSSR count). The molecule has 42 heavy (non-hydrogen) atoms. The van der Waals surface area contributed by atoms with E-state index in [2.05, 4.69) is 133 Å². The molecule has 0 bridgehead atoms. The van der Waals surface area contributed by atoms with Gasteiger partial charge in [0.05, 0.1) is 0 Å². The van der Waals surface area contributed by atoms with E-state index in [4.69, 9.17) is 0 Å². The summed E-state index contributed by atoms with van der Waals surface area (Å²) >= 11 is 0. The third kappa shape index (κ3) is 4.46. The number of hydrogen-bond acceptors (Lipinski definition) is 2. The van der Waals surface area contributed by atoms with E-state index in [-0.39, 0.29) is 0 Å². The Morgan fingerprint density at radius 2 is 0.738 bits per heavy atom. The molecule has 0 aliphatic rings. The van der Waals surface area contributed by atoms with Gasteiger partial charge in [-0.25, -0.2) is 0 Å². The van der Waals surface area contributed by atoms with Crippen LogP contribution >= 0.6 is 0 Å². The predicted molar refractivity (Wildman–Crippen MR) is 178 cm³/mol. The lowest BCUT2D eigenvalue weighted by molar-refractivity contribution is 1.11. The molecule has 2 heteroatoms. The van der Waals surface area contributed by atoms with Gasteiger partial charge < -0.3 is 0 Å². The van der Waals surface area contributed by atoms with Crippen molar-refractivity contribution in [2.45, 2.75) is 26.7 Å². The lowest BCUT2D eigenvalue weighted by Gasteiger charge is -2.18. The van der Waals surface area contributed by atoms with Crippen LogP contribution in [0.5, 0.6) is 0 Å². The zero-order chi connectivity index (χ0) is 28.5. The molecule has 0 aliphatic heterocycles. The molecule has 2 aromatic heterocycles. The minimum atomic E-state index is 0.963. The van der Waals surface area contributed by atoms with Crippen LogP contribution in [-0.2, 0) is 12.8 Å². The molecular weight excluding hydrogens is 508 g/mol. The summed E-state index contributed by atoms with van der Waals surface area (Å²) in [4.78, 5) is 8.67. The molecule has 0 amide bonds. The van der Waals surface area contributed by atoms with Crippen molar-refractivity contribution in [1.82, 2.24) is 9.97 Å². The molecule has 0 saturated heterocycles. The number of rotatable bonds is 6. The van der Waals surface area contributed by atoms with Gasteiger partial charge in [0.1, 0.15) is 0 Å². The summed E-state index contributed by atoms with van der Waals surface area (Å²) in [5.74, 6) is 0. The fourth-order valence-corrected chi connectivity index (χ4v) is 6.36. The Kier molecular flexibility index (Phi) is 6.81. The van der Waals surface area contributed by atoms with Crippen molar-refractivity contribution >= 4 is 21.5 Å². The molecule has 0 fully saturated rings. The Morgan fingerprint density at radius 3 is 1.07 bits per heavy atom. The van der Waals surface area contributed by atoms with Gasteiger partial charge in [-0.3, -0.25) is 9.97 Å². The van der Waals surface area contributed by atoms with E-state index in [1.807, 2.05) is 24.8 Å². The number of pyridine rings is 2. The maximum atomic E-state index is 4.33. The Balaban J connectivity index is 1.40. The molecule has 2 nitrogen and oxygen atoms in total. The van der Waals surface area contributed by atoms with Gasteiger partial charge in [-0.15, -0.1) is 0 Å². The molecule has 0 spiro atoms. The monoisotopic (exact) mass is 540 g/mol. The summed E-state index contributed by atoms with van der Waals surface area (Å²) in [5, 5.41) is 5.07. The van der Waals surface area contributed by atoms with E-state index in [1.165, 1.54) is 77.2 Å². The number of hydrogen-bond donors (Lipinski definition) is 0. The van der Waals surface area contributed by atoms with Gasteiger partial charge in [0, 0.05) is 24.8 Å². The molecule has 0 aliphatic carbocycles. The van der Waals surface area contributed by atoms with E-state index in [0.29, 0.717) is 0 Å². The van der Waals surface area contributed by atoms with Crippen molar-refractivity contribution < 1.29 is 0 Å². The maximum absolute atomic E-state index is 4.33. The molecule has 2 heterocycles. The van der Waals surface area contributed by atoms with Crippen molar-refractivity contribution in [3.63, 3.8) is 0 Å². The van der Waals surface area contributed by atoms with Gasteiger partial charge in [0.2, 0.25) is 0 Å². The molecule has 0 unspecified atom stereocenters. The summed E-state index contributed by atoms with van der Waals surface area (Å²) in [6.45, 7) is 4.37. The third-order valence-electron chi connectivity index (χ3n) is 8.47. The van der Waals surface area contributed by atoms with Gasteiger partial charge in [0.15, 0.2) is 0 Å².